The molecule has 0 aromatic heterocycles. The van der Waals surface area contributed by atoms with Crippen molar-refractivity contribution in [3.05, 3.63) is 17.2 Å². The molecule has 1 N–H and O–H groups in total. The van der Waals surface area contributed by atoms with Crippen LogP contribution in [-0.4, -0.2) is 62.2 Å². The summed E-state index contributed by atoms with van der Waals surface area (Å²) in [6.45, 7) is 6.36. The van der Waals surface area contributed by atoms with Gasteiger partial charge in [-0.1, -0.05) is 32.4 Å². The average molecular weight is 416 g/mol. The van der Waals surface area contributed by atoms with Crippen LogP contribution in [0.2, 0.25) is 5.02 Å². The van der Waals surface area contributed by atoms with Gasteiger partial charge in [0.05, 0.1) is 10.7 Å². The zero-order valence-corrected chi connectivity index (χ0v) is 17.0. The summed E-state index contributed by atoms with van der Waals surface area (Å²) in [5, 5.41) is 2.60. The second-order valence-electron chi connectivity index (χ2n) is 7.56. The molecule has 2 amide bonds. The summed E-state index contributed by atoms with van der Waals surface area (Å²) in [5.74, 6) is -0.0663. The van der Waals surface area contributed by atoms with E-state index in [0.717, 1.165) is 0 Å². The number of ether oxygens (including phenoxy) is 1. The smallest absolute Gasteiger partial charge is 0.262 e. The topological polar surface area (TPSA) is 96.0 Å². The molecule has 10 heteroatoms. The Labute approximate surface area is 163 Å². The lowest BCUT2D eigenvalue weighted by atomic mass is 9.94. The molecule has 0 spiro atoms. The third kappa shape index (κ3) is 3.90. The maximum Gasteiger partial charge on any atom is 0.262 e. The third-order valence-corrected chi connectivity index (χ3v) is 6.82. The first-order valence-electron chi connectivity index (χ1n) is 8.56. The first-order chi connectivity index (χ1) is 12.5. The summed E-state index contributed by atoms with van der Waals surface area (Å²) in [5.41, 5.74) is -0.166. The number of rotatable bonds is 2. The van der Waals surface area contributed by atoms with E-state index >= 15 is 0 Å². The SMILES string of the molecule is CC(C)(C)C(=O)N1CCN(S(=O)(=O)c2cc3c(cc2Cl)NC(=O)CO3)CC1. The van der Waals surface area contributed by atoms with E-state index in [4.69, 9.17) is 16.3 Å². The summed E-state index contributed by atoms with van der Waals surface area (Å²) in [7, 11) is -3.85. The van der Waals surface area contributed by atoms with E-state index in [2.05, 4.69) is 5.32 Å². The zero-order valence-electron chi connectivity index (χ0n) is 15.4. The van der Waals surface area contributed by atoms with Gasteiger partial charge in [-0.05, 0) is 6.07 Å². The first kappa shape index (κ1) is 19.9. The molecule has 0 unspecified atom stereocenters. The Morgan fingerprint density at radius 2 is 1.81 bits per heavy atom. The normalized spacial score (nSPS) is 18.5. The van der Waals surface area contributed by atoms with Crippen LogP contribution < -0.4 is 10.1 Å². The fourth-order valence-electron chi connectivity index (χ4n) is 3.02. The summed E-state index contributed by atoms with van der Waals surface area (Å²) in [6, 6.07) is 2.71. The summed E-state index contributed by atoms with van der Waals surface area (Å²) in [4.78, 5) is 25.4. The number of piperazine rings is 1. The van der Waals surface area contributed by atoms with Crippen LogP contribution >= 0.6 is 11.6 Å². The highest BCUT2D eigenvalue weighted by Crippen LogP contribution is 2.37. The number of halogens is 1. The van der Waals surface area contributed by atoms with Crippen LogP contribution in [-0.2, 0) is 19.6 Å². The van der Waals surface area contributed by atoms with Crippen LogP contribution in [0, 0.1) is 5.41 Å². The number of anilines is 1. The molecule has 8 nitrogen and oxygen atoms in total. The molecule has 0 aliphatic carbocycles. The molecule has 0 radical (unpaired) electrons. The predicted octanol–water partition coefficient (Wildman–Crippen LogP) is 1.55. The van der Waals surface area contributed by atoms with Crippen LogP contribution in [0.5, 0.6) is 5.75 Å². The van der Waals surface area contributed by atoms with Crippen molar-refractivity contribution in [2.75, 3.05) is 38.1 Å². The van der Waals surface area contributed by atoms with E-state index in [-0.39, 0.29) is 47.2 Å². The Kier molecular flexibility index (Phi) is 5.13. The standard InChI is InChI=1S/C17H22ClN3O5S/c1-17(2,3)16(23)20-4-6-21(7-5-20)27(24,25)14-9-13-12(8-11(14)18)19-15(22)10-26-13/h8-9H,4-7,10H2,1-3H3,(H,19,22). The second kappa shape index (κ2) is 6.96. The molecule has 1 saturated heterocycles. The highest BCUT2D eigenvalue weighted by Gasteiger charge is 2.35. The van der Waals surface area contributed by atoms with Gasteiger partial charge in [-0.15, -0.1) is 0 Å². The fourth-order valence-corrected chi connectivity index (χ4v) is 4.96. The molecule has 2 heterocycles. The Hall–Kier alpha value is -1.84. The summed E-state index contributed by atoms with van der Waals surface area (Å²) >= 11 is 6.17. The number of amides is 2. The second-order valence-corrected chi connectivity index (χ2v) is 9.88. The van der Waals surface area contributed by atoms with Crippen LogP contribution in [0.1, 0.15) is 20.8 Å². The number of carbonyl (C=O) groups is 2. The first-order valence-corrected chi connectivity index (χ1v) is 10.4. The number of benzene rings is 1. The molecule has 1 aromatic rings. The molecular weight excluding hydrogens is 394 g/mol. The van der Waals surface area contributed by atoms with Gasteiger partial charge in [-0.3, -0.25) is 9.59 Å². The lowest BCUT2D eigenvalue weighted by Gasteiger charge is -2.37. The molecule has 0 atom stereocenters. The lowest BCUT2D eigenvalue weighted by Crippen LogP contribution is -2.52. The van der Waals surface area contributed by atoms with Gasteiger partial charge in [-0.25, -0.2) is 8.42 Å². The van der Waals surface area contributed by atoms with Gasteiger partial charge in [-0.2, -0.15) is 4.31 Å². The molecule has 2 aliphatic heterocycles. The van der Waals surface area contributed by atoms with Crippen molar-refractivity contribution >= 4 is 39.1 Å². The molecule has 0 bridgehead atoms. The van der Waals surface area contributed by atoms with Gasteiger partial charge in [0.25, 0.3) is 5.91 Å². The highest BCUT2D eigenvalue weighted by atomic mass is 35.5. The Morgan fingerprint density at radius 1 is 1.19 bits per heavy atom. The van der Waals surface area contributed by atoms with Crippen LogP contribution in [0.3, 0.4) is 0 Å². The minimum absolute atomic E-state index is 0.00416. The zero-order chi connectivity index (χ0) is 20.0. The Balaban J connectivity index is 1.80. The summed E-state index contributed by atoms with van der Waals surface area (Å²) < 4.78 is 32.7. The molecule has 1 fully saturated rings. The molecule has 3 rings (SSSR count). The van der Waals surface area contributed by atoms with Gasteiger partial charge in [0.15, 0.2) is 6.61 Å². The van der Waals surface area contributed by atoms with Gasteiger partial charge in [0.1, 0.15) is 10.6 Å². The maximum atomic E-state index is 13.0. The Bertz CT molecular complexity index is 887. The van der Waals surface area contributed by atoms with E-state index in [9.17, 15) is 18.0 Å². The average Bonchev–Trinajstić information content (AvgIpc) is 2.59. The maximum absolute atomic E-state index is 13.0. The number of hydrogen-bond acceptors (Lipinski definition) is 5. The predicted molar refractivity (Wildman–Crippen MR) is 100 cm³/mol. The van der Waals surface area contributed by atoms with Gasteiger partial charge >= 0.3 is 0 Å². The summed E-state index contributed by atoms with van der Waals surface area (Å²) in [6.07, 6.45) is 0. The van der Waals surface area contributed by atoms with Crippen LogP contribution in [0.4, 0.5) is 5.69 Å². The van der Waals surface area contributed by atoms with Gasteiger partial charge < -0.3 is 15.0 Å². The highest BCUT2D eigenvalue weighted by molar-refractivity contribution is 7.89. The van der Waals surface area contributed by atoms with Crippen molar-refractivity contribution in [1.29, 1.82) is 0 Å². The number of hydrogen-bond donors (Lipinski definition) is 1. The number of carbonyl (C=O) groups excluding carboxylic acids is 2. The van der Waals surface area contributed by atoms with E-state index in [0.29, 0.717) is 18.8 Å². The van der Waals surface area contributed by atoms with Crippen LogP contribution in [0.25, 0.3) is 0 Å². The third-order valence-electron chi connectivity index (χ3n) is 4.45. The minimum Gasteiger partial charge on any atom is -0.482 e. The Morgan fingerprint density at radius 3 is 2.41 bits per heavy atom. The molecular formula is C17H22ClN3O5S. The number of fused-ring (bicyclic) bond motifs is 1. The fraction of sp³-hybridized carbons (Fsp3) is 0.529. The van der Waals surface area contributed by atoms with E-state index in [1.54, 1.807) is 4.90 Å². The van der Waals surface area contributed by atoms with Gasteiger partial charge in [0, 0.05) is 37.7 Å². The minimum atomic E-state index is -3.85. The molecule has 1 aromatic carbocycles. The quantitative estimate of drug-likeness (QED) is 0.790. The van der Waals surface area contributed by atoms with Gasteiger partial charge in [0.2, 0.25) is 15.9 Å². The van der Waals surface area contributed by atoms with Crippen molar-refractivity contribution in [2.45, 2.75) is 25.7 Å². The van der Waals surface area contributed by atoms with E-state index in [1.807, 2.05) is 20.8 Å². The van der Waals surface area contributed by atoms with Crippen molar-refractivity contribution in [3.8, 4) is 5.75 Å². The van der Waals surface area contributed by atoms with Crippen molar-refractivity contribution in [3.63, 3.8) is 0 Å². The van der Waals surface area contributed by atoms with Crippen molar-refractivity contribution in [1.82, 2.24) is 9.21 Å². The monoisotopic (exact) mass is 415 g/mol. The lowest BCUT2D eigenvalue weighted by molar-refractivity contribution is -0.140. The molecule has 148 valence electrons. The number of nitrogens with zero attached hydrogens (tertiary/aromatic N) is 2. The van der Waals surface area contributed by atoms with Crippen LogP contribution in [0.15, 0.2) is 17.0 Å². The van der Waals surface area contributed by atoms with E-state index < -0.39 is 15.4 Å². The number of sulfonamides is 1. The molecule has 2 aliphatic rings. The van der Waals surface area contributed by atoms with Crippen molar-refractivity contribution in [2.24, 2.45) is 5.41 Å². The molecule has 27 heavy (non-hydrogen) atoms. The van der Waals surface area contributed by atoms with Crippen molar-refractivity contribution < 1.29 is 22.7 Å². The largest absolute Gasteiger partial charge is 0.482 e. The molecule has 0 saturated carbocycles. The van der Waals surface area contributed by atoms with E-state index in [1.165, 1.54) is 16.4 Å². The number of nitrogens with one attached hydrogen (secondary N) is 1.